The van der Waals surface area contributed by atoms with E-state index in [1.807, 2.05) is 24.3 Å². The average Bonchev–Trinajstić information content (AvgIpc) is 2.66. The van der Waals surface area contributed by atoms with E-state index in [-0.39, 0.29) is 5.91 Å². The van der Waals surface area contributed by atoms with E-state index in [4.69, 9.17) is 9.47 Å². The molecule has 0 bridgehead atoms. The Morgan fingerprint density at radius 2 is 1.92 bits per heavy atom. The van der Waals surface area contributed by atoms with E-state index in [2.05, 4.69) is 28.4 Å². The van der Waals surface area contributed by atoms with Crippen LogP contribution in [0.25, 0.3) is 0 Å². The minimum absolute atomic E-state index is 0.0199. The number of nitrogens with zero attached hydrogens (tertiary/aromatic N) is 1. The average molecular weight is 340 g/mol. The topological polar surface area (TPSA) is 50.8 Å². The number of anilines is 1. The monoisotopic (exact) mass is 340 g/mol. The Morgan fingerprint density at radius 3 is 2.72 bits per heavy atom. The Balaban J connectivity index is 1.59. The van der Waals surface area contributed by atoms with Gasteiger partial charge in [-0.05, 0) is 42.2 Å². The first kappa shape index (κ1) is 17.1. The maximum atomic E-state index is 12.4. The number of carbonyl (C=O) groups excluding carboxylic acids is 1. The predicted octanol–water partition coefficient (Wildman–Crippen LogP) is 2.77. The Labute approximate surface area is 148 Å². The number of ether oxygens (including phenoxy) is 2. The number of hydrogen-bond acceptors (Lipinski definition) is 4. The summed E-state index contributed by atoms with van der Waals surface area (Å²) in [7, 11) is 3.21. The molecule has 2 aromatic carbocycles. The molecule has 1 N–H and O–H groups in total. The zero-order valence-electron chi connectivity index (χ0n) is 14.7. The molecule has 0 aromatic heterocycles. The lowest BCUT2D eigenvalue weighted by molar-refractivity contribution is -0.119. The summed E-state index contributed by atoms with van der Waals surface area (Å²) in [4.78, 5) is 14.5. The number of methoxy groups -OCH3 is 2. The summed E-state index contributed by atoms with van der Waals surface area (Å²) in [5.41, 5.74) is 3.47. The maximum Gasteiger partial charge on any atom is 0.239 e. The number of amides is 1. The van der Waals surface area contributed by atoms with E-state index in [1.165, 1.54) is 11.3 Å². The molecule has 2 aromatic rings. The van der Waals surface area contributed by atoms with Crippen molar-refractivity contribution in [1.82, 2.24) is 5.32 Å². The van der Waals surface area contributed by atoms with Crippen molar-refractivity contribution in [2.45, 2.75) is 19.4 Å². The second kappa shape index (κ2) is 7.92. The number of fused-ring (bicyclic) bond motifs is 1. The molecular weight excluding hydrogens is 316 g/mol. The molecule has 132 valence electrons. The molecule has 0 unspecified atom stereocenters. The molecule has 0 aliphatic carbocycles. The first-order valence-corrected chi connectivity index (χ1v) is 8.51. The highest BCUT2D eigenvalue weighted by Crippen LogP contribution is 2.28. The Bertz CT molecular complexity index is 745. The molecule has 0 saturated heterocycles. The normalized spacial score (nSPS) is 13.1. The minimum atomic E-state index is 0.0199. The molecule has 0 radical (unpaired) electrons. The highest BCUT2D eigenvalue weighted by molar-refractivity contribution is 5.81. The van der Waals surface area contributed by atoms with Crippen molar-refractivity contribution in [3.05, 3.63) is 53.6 Å². The van der Waals surface area contributed by atoms with Crippen LogP contribution in [0, 0.1) is 0 Å². The molecule has 1 amide bonds. The number of carbonyl (C=O) groups is 1. The molecular formula is C20H24N2O3. The molecule has 3 rings (SSSR count). The smallest absolute Gasteiger partial charge is 0.239 e. The molecule has 25 heavy (non-hydrogen) atoms. The van der Waals surface area contributed by atoms with Crippen LogP contribution >= 0.6 is 0 Å². The van der Waals surface area contributed by atoms with E-state index in [0.717, 1.165) is 24.9 Å². The van der Waals surface area contributed by atoms with Gasteiger partial charge >= 0.3 is 0 Å². The Hall–Kier alpha value is -2.69. The van der Waals surface area contributed by atoms with Crippen molar-refractivity contribution < 1.29 is 14.3 Å². The largest absolute Gasteiger partial charge is 0.493 e. The van der Waals surface area contributed by atoms with Crippen molar-refractivity contribution in [2.75, 3.05) is 32.2 Å². The molecule has 5 nitrogen and oxygen atoms in total. The number of benzene rings is 2. The van der Waals surface area contributed by atoms with Gasteiger partial charge < -0.3 is 19.7 Å². The van der Waals surface area contributed by atoms with Crippen LogP contribution in [0.4, 0.5) is 5.69 Å². The molecule has 0 atom stereocenters. The Kier molecular flexibility index (Phi) is 5.43. The Morgan fingerprint density at radius 1 is 1.12 bits per heavy atom. The first-order valence-electron chi connectivity index (χ1n) is 8.51. The molecule has 0 spiro atoms. The zero-order chi connectivity index (χ0) is 17.6. The summed E-state index contributed by atoms with van der Waals surface area (Å²) in [6, 6.07) is 14.0. The summed E-state index contributed by atoms with van der Waals surface area (Å²) >= 11 is 0. The summed E-state index contributed by atoms with van der Waals surface area (Å²) in [6.45, 7) is 1.76. The molecule has 0 saturated carbocycles. The lowest BCUT2D eigenvalue weighted by Gasteiger charge is -2.30. The minimum Gasteiger partial charge on any atom is -0.493 e. The van der Waals surface area contributed by atoms with Gasteiger partial charge in [-0.25, -0.2) is 0 Å². The fourth-order valence-electron chi connectivity index (χ4n) is 3.20. The summed E-state index contributed by atoms with van der Waals surface area (Å²) in [6.07, 6.45) is 2.17. The SMILES string of the molecule is COc1ccc(CNC(=O)CN2CCCc3ccccc32)cc1OC. The standard InChI is InChI=1S/C20H24N2O3/c1-24-18-10-9-15(12-19(18)25-2)13-21-20(23)14-22-11-5-7-16-6-3-4-8-17(16)22/h3-4,6,8-10,12H,5,7,11,13-14H2,1-2H3,(H,21,23). The van der Waals surface area contributed by atoms with Gasteiger partial charge in [0.25, 0.3) is 0 Å². The number of hydrogen-bond donors (Lipinski definition) is 1. The molecule has 5 heteroatoms. The van der Waals surface area contributed by atoms with Gasteiger partial charge in [-0.2, -0.15) is 0 Å². The van der Waals surface area contributed by atoms with Crippen molar-refractivity contribution >= 4 is 11.6 Å². The van der Waals surface area contributed by atoms with E-state index in [9.17, 15) is 4.79 Å². The van der Waals surface area contributed by atoms with Crippen LogP contribution < -0.4 is 19.7 Å². The predicted molar refractivity (Wildman–Crippen MR) is 98.4 cm³/mol. The van der Waals surface area contributed by atoms with Gasteiger partial charge in [-0.15, -0.1) is 0 Å². The third-order valence-corrected chi connectivity index (χ3v) is 4.48. The third-order valence-electron chi connectivity index (χ3n) is 4.48. The summed E-state index contributed by atoms with van der Waals surface area (Å²) in [5, 5.41) is 2.99. The second-order valence-corrected chi connectivity index (χ2v) is 6.12. The number of aryl methyl sites for hydroxylation is 1. The van der Waals surface area contributed by atoms with Crippen LogP contribution in [-0.2, 0) is 17.8 Å². The number of rotatable bonds is 6. The van der Waals surface area contributed by atoms with E-state index < -0.39 is 0 Å². The molecule has 1 aliphatic heterocycles. The maximum absolute atomic E-state index is 12.4. The van der Waals surface area contributed by atoms with Gasteiger partial charge in [-0.3, -0.25) is 4.79 Å². The van der Waals surface area contributed by atoms with E-state index in [0.29, 0.717) is 24.6 Å². The van der Waals surface area contributed by atoms with Gasteiger partial charge in [0.2, 0.25) is 5.91 Å². The van der Waals surface area contributed by atoms with Crippen molar-refractivity contribution in [2.24, 2.45) is 0 Å². The van der Waals surface area contributed by atoms with E-state index >= 15 is 0 Å². The fraction of sp³-hybridized carbons (Fsp3) is 0.350. The van der Waals surface area contributed by atoms with Gasteiger partial charge in [-0.1, -0.05) is 24.3 Å². The molecule has 0 fully saturated rings. The quantitative estimate of drug-likeness (QED) is 0.878. The van der Waals surface area contributed by atoms with Crippen molar-refractivity contribution in [3.63, 3.8) is 0 Å². The summed E-state index contributed by atoms with van der Waals surface area (Å²) < 4.78 is 10.5. The van der Waals surface area contributed by atoms with Gasteiger partial charge in [0.15, 0.2) is 11.5 Å². The lowest BCUT2D eigenvalue weighted by atomic mass is 10.0. The van der Waals surface area contributed by atoms with Gasteiger partial charge in [0.05, 0.1) is 20.8 Å². The highest BCUT2D eigenvalue weighted by Gasteiger charge is 2.18. The number of nitrogens with one attached hydrogen (secondary N) is 1. The van der Waals surface area contributed by atoms with E-state index in [1.54, 1.807) is 14.2 Å². The fourth-order valence-corrected chi connectivity index (χ4v) is 3.20. The van der Waals surface area contributed by atoms with Crippen molar-refractivity contribution in [1.29, 1.82) is 0 Å². The summed E-state index contributed by atoms with van der Waals surface area (Å²) in [5.74, 6) is 1.37. The third kappa shape index (κ3) is 4.05. The van der Waals surface area contributed by atoms with Crippen LogP contribution in [0.3, 0.4) is 0 Å². The van der Waals surface area contributed by atoms with Gasteiger partial charge in [0, 0.05) is 18.8 Å². The lowest BCUT2D eigenvalue weighted by Crippen LogP contribution is -2.39. The van der Waals surface area contributed by atoms with Crippen molar-refractivity contribution in [3.8, 4) is 11.5 Å². The second-order valence-electron chi connectivity index (χ2n) is 6.12. The number of para-hydroxylation sites is 1. The zero-order valence-corrected chi connectivity index (χ0v) is 14.7. The van der Waals surface area contributed by atoms with Crippen LogP contribution in [0.2, 0.25) is 0 Å². The van der Waals surface area contributed by atoms with Crippen LogP contribution in [0.15, 0.2) is 42.5 Å². The van der Waals surface area contributed by atoms with Gasteiger partial charge in [0.1, 0.15) is 0 Å². The van der Waals surface area contributed by atoms with Crippen LogP contribution in [0.5, 0.6) is 11.5 Å². The highest BCUT2D eigenvalue weighted by atomic mass is 16.5. The van der Waals surface area contributed by atoms with Crippen LogP contribution in [-0.4, -0.2) is 33.2 Å². The molecule has 1 heterocycles. The first-order chi connectivity index (χ1) is 12.2. The van der Waals surface area contributed by atoms with Crippen LogP contribution in [0.1, 0.15) is 17.5 Å². The molecule has 1 aliphatic rings.